The number of anilines is 2. The highest BCUT2D eigenvalue weighted by Gasteiger charge is 2.14. The van der Waals surface area contributed by atoms with Gasteiger partial charge in [0.1, 0.15) is 17.3 Å². The number of nitrogens with one attached hydrogen (secondary N) is 2. The van der Waals surface area contributed by atoms with E-state index < -0.39 is 17.6 Å². The number of rotatable bonds is 6. The summed E-state index contributed by atoms with van der Waals surface area (Å²) in [6, 6.07) is 15.6. The molecular weight excluding hydrogens is 373 g/mol. The molecule has 0 bridgehead atoms. The molecule has 0 unspecified atom stereocenters. The molecule has 0 atom stereocenters. The van der Waals surface area contributed by atoms with Crippen LogP contribution in [0.25, 0.3) is 0 Å². The Hall–Kier alpha value is -3.74. The van der Waals surface area contributed by atoms with E-state index in [9.17, 15) is 14.0 Å². The van der Waals surface area contributed by atoms with E-state index >= 15 is 0 Å². The van der Waals surface area contributed by atoms with E-state index in [1.807, 2.05) is 13.8 Å². The van der Waals surface area contributed by atoms with Crippen LogP contribution in [-0.2, 0) is 0 Å². The third-order valence-corrected chi connectivity index (χ3v) is 3.86. The van der Waals surface area contributed by atoms with Gasteiger partial charge in [-0.3, -0.25) is 14.6 Å². The number of nitrogens with zero attached hydrogens (tertiary/aromatic N) is 1. The quantitative estimate of drug-likeness (QED) is 0.646. The predicted octanol–water partition coefficient (Wildman–Crippen LogP) is 4.51. The summed E-state index contributed by atoms with van der Waals surface area (Å²) in [5, 5.41) is 5.19. The van der Waals surface area contributed by atoms with Gasteiger partial charge in [0.15, 0.2) is 0 Å². The zero-order valence-corrected chi connectivity index (χ0v) is 16.0. The molecule has 0 aliphatic heterocycles. The smallest absolute Gasteiger partial charge is 0.274 e. The fourth-order valence-corrected chi connectivity index (χ4v) is 2.54. The number of aromatic nitrogens is 1. The van der Waals surface area contributed by atoms with Crippen molar-refractivity contribution in [2.24, 2.45) is 0 Å². The van der Waals surface area contributed by atoms with Gasteiger partial charge in [-0.05, 0) is 62.4 Å². The zero-order chi connectivity index (χ0) is 20.8. The maximum atomic E-state index is 13.7. The van der Waals surface area contributed by atoms with Crippen molar-refractivity contribution < 1.29 is 18.7 Å². The molecule has 0 aliphatic rings. The summed E-state index contributed by atoms with van der Waals surface area (Å²) >= 11 is 0. The first-order valence-corrected chi connectivity index (χ1v) is 9.02. The lowest BCUT2D eigenvalue weighted by molar-refractivity contribution is 0.102. The van der Waals surface area contributed by atoms with E-state index in [2.05, 4.69) is 15.6 Å². The van der Waals surface area contributed by atoms with Crippen LogP contribution >= 0.6 is 0 Å². The number of hydrogen-bond donors (Lipinski definition) is 2. The molecule has 1 heterocycles. The Morgan fingerprint density at radius 2 is 1.69 bits per heavy atom. The molecule has 0 saturated heterocycles. The molecule has 6 nitrogen and oxygen atoms in total. The summed E-state index contributed by atoms with van der Waals surface area (Å²) in [5.74, 6) is -0.863. The zero-order valence-electron chi connectivity index (χ0n) is 16.0. The number of hydrogen-bond acceptors (Lipinski definition) is 4. The highest BCUT2D eigenvalue weighted by molar-refractivity contribution is 6.07. The van der Waals surface area contributed by atoms with Crippen molar-refractivity contribution in [3.8, 4) is 5.75 Å². The second kappa shape index (κ2) is 8.97. The molecule has 2 N–H and O–H groups in total. The van der Waals surface area contributed by atoms with Crippen LogP contribution in [0.15, 0.2) is 66.9 Å². The Morgan fingerprint density at radius 3 is 2.38 bits per heavy atom. The molecule has 1 aromatic heterocycles. The minimum Gasteiger partial charge on any atom is -0.491 e. The predicted molar refractivity (Wildman–Crippen MR) is 109 cm³/mol. The number of halogens is 1. The largest absolute Gasteiger partial charge is 0.491 e. The van der Waals surface area contributed by atoms with Crippen molar-refractivity contribution in [2.75, 3.05) is 10.6 Å². The Balaban J connectivity index is 1.69. The number of amides is 2. The molecule has 0 spiro atoms. The molecule has 3 aromatic rings. The molecular formula is C22H20FN3O3. The normalized spacial score (nSPS) is 10.5. The van der Waals surface area contributed by atoms with Crippen LogP contribution in [0.5, 0.6) is 5.75 Å². The molecule has 29 heavy (non-hydrogen) atoms. The van der Waals surface area contributed by atoms with Gasteiger partial charge < -0.3 is 15.4 Å². The first-order valence-electron chi connectivity index (χ1n) is 9.02. The summed E-state index contributed by atoms with van der Waals surface area (Å²) in [6.07, 6.45) is 1.41. The summed E-state index contributed by atoms with van der Waals surface area (Å²) in [7, 11) is 0. The monoisotopic (exact) mass is 393 g/mol. The summed E-state index contributed by atoms with van der Waals surface area (Å²) < 4.78 is 19.3. The van der Waals surface area contributed by atoms with Crippen LogP contribution in [0.3, 0.4) is 0 Å². The number of para-hydroxylation sites is 1. The van der Waals surface area contributed by atoms with Gasteiger partial charge in [0, 0.05) is 17.4 Å². The molecule has 2 amide bonds. The Labute approximate surface area is 167 Å². The van der Waals surface area contributed by atoms with Gasteiger partial charge in [-0.2, -0.15) is 0 Å². The summed E-state index contributed by atoms with van der Waals surface area (Å²) in [6.45, 7) is 3.86. The van der Waals surface area contributed by atoms with E-state index in [0.29, 0.717) is 11.4 Å². The lowest BCUT2D eigenvalue weighted by Crippen LogP contribution is -2.17. The van der Waals surface area contributed by atoms with Crippen LogP contribution in [0, 0.1) is 5.82 Å². The SMILES string of the molecule is CC(C)Oc1ccc(NC(=O)c2ccnc(C(=O)Nc3ccccc3F)c2)cc1. The van der Waals surface area contributed by atoms with Crippen LogP contribution in [-0.4, -0.2) is 22.9 Å². The van der Waals surface area contributed by atoms with Crippen molar-refractivity contribution in [3.63, 3.8) is 0 Å². The molecule has 148 valence electrons. The van der Waals surface area contributed by atoms with E-state index in [0.717, 1.165) is 0 Å². The van der Waals surface area contributed by atoms with Gasteiger partial charge in [-0.15, -0.1) is 0 Å². The topological polar surface area (TPSA) is 80.3 Å². The second-order valence-corrected chi connectivity index (χ2v) is 6.51. The summed E-state index contributed by atoms with van der Waals surface area (Å²) in [5.41, 5.74) is 0.876. The summed E-state index contributed by atoms with van der Waals surface area (Å²) in [4.78, 5) is 28.8. The van der Waals surface area contributed by atoms with Crippen LogP contribution in [0.2, 0.25) is 0 Å². The molecule has 2 aromatic carbocycles. The van der Waals surface area contributed by atoms with Crippen molar-refractivity contribution >= 4 is 23.2 Å². The van der Waals surface area contributed by atoms with Gasteiger partial charge in [-0.25, -0.2) is 4.39 Å². The number of carbonyl (C=O) groups excluding carboxylic acids is 2. The lowest BCUT2D eigenvalue weighted by atomic mass is 10.2. The fraction of sp³-hybridized carbons (Fsp3) is 0.136. The Bertz CT molecular complexity index is 1020. The highest BCUT2D eigenvalue weighted by Crippen LogP contribution is 2.18. The van der Waals surface area contributed by atoms with Crippen LogP contribution in [0.4, 0.5) is 15.8 Å². The van der Waals surface area contributed by atoms with E-state index in [1.54, 1.807) is 30.3 Å². The van der Waals surface area contributed by atoms with Crippen molar-refractivity contribution in [3.05, 3.63) is 83.9 Å². The average molecular weight is 393 g/mol. The van der Waals surface area contributed by atoms with Crippen molar-refractivity contribution in [1.82, 2.24) is 4.98 Å². The molecule has 0 aliphatic carbocycles. The van der Waals surface area contributed by atoms with Gasteiger partial charge in [0.2, 0.25) is 0 Å². The number of ether oxygens (including phenoxy) is 1. The van der Waals surface area contributed by atoms with Crippen LogP contribution < -0.4 is 15.4 Å². The lowest BCUT2D eigenvalue weighted by Gasteiger charge is -2.11. The van der Waals surface area contributed by atoms with E-state index in [4.69, 9.17) is 4.74 Å². The van der Waals surface area contributed by atoms with Gasteiger partial charge in [-0.1, -0.05) is 12.1 Å². The van der Waals surface area contributed by atoms with Gasteiger partial charge >= 0.3 is 0 Å². The second-order valence-electron chi connectivity index (χ2n) is 6.51. The number of carbonyl (C=O) groups is 2. The number of pyridine rings is 1. The minimum absolute atomic E-state index is 0.00147. The maximum Gasteiger partial charge on any atom is 0.274 e. The molecule has 0 saturated carbocycles. The molecule has 0 fully saturated rings. The third-order valence-electron chi connectivity index (χ3n) is 3.86. The Morgan fingerprint density at radius 1 is 0.966 bits per heavy atom. The van der Waals surface area contributed by atoms with Crippen LogP contribution in [0.1, 0.15) is 34.7 Å². The van der Waals surface area contributed by atoms with E-state index in [1.165, 1.54) is 36.5 Å². The van der Waals surface area contributed by atoms with Crippen molar-refractivity contribution in [2.45, 2.75) is 20.0 Å². The van der Waals surface area contributed by atoms with Crippen molar-refractivity contribution in [1.29, 1.82) is 0 Å². The first-order chi connectivity index (χ1) is 13.9. The Kier molecular flexibility index (Phi) is 6.19. The maximum absolute atomic E-state index is 13.7. The van der Waals surface area contributed by atoms with E-state index in [-0.39, 0.29) is 23.0 Å². The molecule has 3 rings (SSSR count). The minimum atomic E-state index is -0.611. The van der Waals surface area contributed by atoms with Gasteiger partial charge in [0.05, 0.1) is 11.8 Å². The molecule has 0 radical (unpaired) electrons. The highest BCUT2D eigenvalue weighted by atomic mass is 19.1. The first kappa shape index (κ1) is 20.0. The number of benzene rings is 2. The molecule has 7 heteroatoms. The average Bonchev–Trinajstić information content (AvgIpc) is 2.71. The fourth-order valence-electron chi connectivity index (χ4n) is 2.54. The standard InChI is InChI=1S/C22H20FN3O3/c1-14(2)29-17-9-7-16(8-10-17)25-21(27)15-11-12-24-20(13-15)22(28)26-19-6-4-3-5-18(19)23/h3-14H,1-2H3,(H,25,27)(H,26,28). The third kappa shape index (κ3) is 5.38. The van der Waals surface area contributed by atoms with Gasteiger partial charge in [0.25, 0.3) is 11.8 Å².